The van der Waals surface area contributed by atoms with E-state index in [4.69, 9.17) is 0 Å². The average Bonchev–Trinajstić information content (AvgIpc) is 2.32. The van der Waals surface area contributed by atoms with Crippen molar-refractivity contribution < 1.29 is 14.3 Å². The van der Waals surface area contributed by atoms with Crippen LogP contribution in [0.2, 0.25) is 0 Å². The number of carbonyl (C=O) groups is 2. The summed E-state index contributed by atoms with van der Waals surface area (Å²) in [7, 11) is 2.86. The molecule has 5 heteroatoms. The number of rotatable bonds is 1. The lowest BCUT2D eigenvalue weighted by Gasteiger charge is -2.14. The molecule has 11 heavy (non-hydrogen) atoms. The highest BCUT2D eigenvalue weighted by molar-refractivity contribution is 5.87. The zero-order chi connectivity index (χ0) is 8.43. The first-order valence-electron chi connectivity index (χ1n) is 3.25. The van der Waals surface area contributed by atoms with E-state index in [1.807, 2.05) is 0 Å². The van der Waals surface area contributed by atoms with Gasteiger partial charge in [-0.25, -0.2) is 9.59 Å². The van der Waals surface area contributed by atoms with Crippen LogP contribution < -0.4 is 5.32 Å². The monoisotopic (exact) mass is 158 g/mol. The van der Waals surface area contributed by atoms with Crippen LogP contribution in [0.15, 0.2) is 0 Å². The molecule has 1 atom stereocenters. The highest BCUT2D eigenvalue weighted by Crippen LogP contribution is 2.04. The van der Waals surface area contributed by atoms with Crippen LogP contribution in [-0.4, -0.2) is 43.6 Å². The summed E-state index contributed by atoms with van der Waals surface area (Å²) in [6.07, 6.45) is 0. The largest absolute Gasteiger partial charge is 0.467 e. The van der Waals surface area contributed by atoms with Crippen molar-refractivity contribution >= 4 is 12.0 Å². The molecule has 0 aromatic rings. The first-order valence-corrected chi connectivity index (χ1v) is 3.25. The van der Waals surface area contributed by atoms with Crippen molar-refractivity contribution in [2.75, 3.05) is 20.7 Å². The van der Waals surface area contributed by atoms with Gasteiger partial charge in [-0.15, -0.1) is 0 Å². The SMILES string of the molecule is COC(=O)[C@H]1CNC(=O)N1C. The second-order valence-electron chi connectivity index (χ2n) is 2.34. The van der Waals surface area contributed by atoms with E-state index in [1.165, 1.54) is 12.0 Å². The molecule has 0 radical (unpaired) electrons. The molecular formula is C6H10N2O3. The minimum Gasteiger partial charge on any atom is -0.467 e. The zero-order valence-electron chi connectivity index (χ0n) is 6.46. The van der Waals surface area contributed by atoms with E-state index in [0.717, 1.165) is 0 Å². The Kier molecular flexibility index (Phi) is 1.98. The van der Waals surface area contributed by atoms with E-state index in [2.05, 4.69) is 10.1 Å². The van der Waals surface area contributed by atoms with Gasteiger partial charge in [-0.2, -0.15) is 0 Å². The molecule has 1 fully saturated rings. The van der Waals surface area contributed by atoms with Crippen LogP contribution in [0.3, 0.4) is 0 Å². The Bertz CT molecular complexity index is 192. The number of nitrogens with zero attached hydrogens (tertiary/aromatic N) is 1. The number of hydrogen-bond donors (Lipinski definition) is 1. The van der Waals surface area contributed by atoms with Crippen molar-refractivity contribution in [1.29, 1.82) is 0 Å². The summed E-state index contributed by atoms with van der Waals surface area (Å²) >= 11 is 0. The Morgan fingerprint density at radius 3 is 2.82 bits per heavy atom. The molecule has 1 aliphatic heterocycles. The van der Waals surface area contributed by atoms with Gasteiger partial charge in [0.2, 0.25) is 0 Å². The summed E-state index contributed by atoms with van der Waals surface area (Å²) in [6.45, 7) is 0.335. The van der Waals surface area contributed by atoms with Gasteiger partial charge < -0.3 is 15.0 Å². The van der Waals surface area contributed by atoms with Crippen LogP contribution in [0.4, 0.5) is 4.79 Å². The van der Waals surface area contributed by atoms with Crippen LogP contribution in [0.25, 0.3) is 0 Å². The molecule has 0 bridgehead atoms. The molecule has 0 aromatic heterocycles. The number of hydrogen-bond acceptors (Lipinski definition) is 3. The minimum absolute atomic E-state index is 0.236. The third-order valence-corrected chi connectivity index (χ3v) is 1.71. The van der Waals surface area contributed by atoms with Gasteiger partial charge >= 0.3 is 12.0 Å². The summed E-state index contributed by atoms with van der Waals surface area (Å²) in [5.74, 6) is -0.383. The number of nitrogens with one attached hydrogen (secondary N) is 1. The van der Waals surface area contributed by atoms with Crippen molar-refractivity contribution in [3.8, 4) is 0 Å². The predicted molar refractivity (Wildman–Crippen MR) is 37.0 cm³/mol. The Labute approximate surface area is 64.3 Å². The van der Waals surface area contributed by atoms with Crippen molar-refractivity contribution in [1.82, 2.24) is 10.2 Å². The van der Waals surface area contributed by atoms with Gasteiger partial charge in [-0.05, 0) is 0 Å². The third kappa shape index (κ3) is 1.26. The lowest BCUT2D eigenvalue weighted by molar-refractivity contribution is -0.144. The van der Waals surface area contributed by atoms with Crippen LogP contribution in [-0.2, 0) is 9.53 Å². The van der Waals surface area contributed by atoms with Gasteiger partial charge in [-0.3, -0.25) is 0 Å². The second kappa shape index (κ2) is 2.77. The number of amides is 2. The molecular weight excluding hydrogens is 148 g/mol. The van der Waals surface area contributed by atoms with Gasteiger partial charge in [0, 0.05) is 7.05 Å². The highest BCUT2D eigenvalue weighted by Gasteiger charge is 2.33. The topological polar surface area (TPSA) is 58.6 Å². The molecule has 0 saturated carbocycles. The average molecular weight is 158 g/mol. The third-order valence-electron chi connectivity index (χ3n) is 1.71. The summed E-state index contributed by atoms with van der Waals surface area (Å²) in [5.41, 5.74) is 0. The Morgan fingerprint density at radius 2 is 2.45 bits per heavy atom. The fourth-order valence-electron chi connectivity index (χ4n) is 0.965. The highest BCUT2D eigenvalue weighted by atomic mass is 16.5. The van der Waals surface area contributed by atoms with Crippen molar-refractivity contribution in [3.05, 3.63) is 0 Å². The van der Waals surface area contributed by atoms with E-state index in [0.29, 0.717) is 6.54 Å². The van der Waals surface area contributed by atoms with Crippen molar-refractivity contribution in [2.24, 2.45) is 0 Å². The number of likely N-dealkylation sites (N-methyl/N-ethyl adjacent to an activating group) is 1. The van der Waals surface area contributed by atoms with E-state index < -0.39 is 6.04 Å². The van der Waals surface area contributed by atoms with Gasteiger partial charge in [-0.1, -0.05) is 0 Å². The Hall–Kier alpha value is -1.26. The van der Waals surface area contributed by atoms with E-state index >= 15 is 0 Å². The number of carbonyl (C=O) groups excluding carboxylic acids is 2. The first kappa shape index (κ1) is 7.84. The Balaban J connectivity index is 2.61. The molecule has 0 aromatic carbocycles. The maximum atomic E-state index is 10.9. The van der Waals surface area contributed by atoms with Crippen LogP contribution in [0.5, 0.6) is 0 Å². The lowest BCUT2D eigenvalue weighted by Crippen LogP contribution is -2.37. The maximum Gasteiger partial charge on any atom is 0.330 e. The molecule has 1 aliphatic rings. The molecule has 1 heterocycles. The minimum atomic E-state index is -0.465. The molecule has 0 unspecified atom stereocenters. The smallest absolute Gasteiger partial charge is 0.330 e. The van der Waals surface area contributed by atoms with E-state index in [-0.39, 0.29) is 12.0 Å². The van der Waals surface area contributed by atoms with E-state index in [9.17, 15) is 9.59 Å². The van der Waals surface area contributed by atoms with Gasteiger partial charge in [0.1, 0.15) is 6.04 Å². The summed E-state index contributed by atoms with van der Waals surface area (Å²) in [4.78, 5) is 23.1. The van der Waals surface area contributed by atoms with E-state index in [1.54, 1.807) is 7.05 Å². The van der Waals surface area contributed by atoms with Gasteiger partial charge in [0.05, 0.1) is 13.7 Å². The molecule has 0 aliphatic carbocycles. The lowest BCUT2D eigenvalue weighted by atomic mass is 10.3. The summed E-state index contributed by atoms with van der Waals surface area (Å²) < 4.78 is 4.48. The number of ether oxygens (including phenoxy) is 1. The quantitative estimate of drug-likeness (QED) is 0.507. The predicted octanol–water partition coefficient (Wildman–Crippen LogP) is -0.817. The maximum absolute atomic E-state index is 10.9. The van der Waals surface area contributed by atoms with Crippen LogP contribution in [0, 0.1) is 0 Å². The molecule has 0 spiro atoms. The normalized spacial score (nSPS) is 23.3. The van der Waals surface area contributed by atoms with Crippen LogP contribution in [0.1, 0.15) is 0 Å². The van der Waals surface area contributed by atoms with Gasteiger partial charge in [0.15, 0.2) is 0 Å². The van der Waals surface area contributed by atoms with Crippen LogP contribution >= 0.6 is 0 Å². The zero-order valence-corrected chi connectivity index (χ0v) is 6.46. The second-order valence-corrected chi connectivity index (χ2v) is 2.34. The molecule has 1 rings (SSSR count). The molecule has 1 N–H and O–H groups in total. The molecule has 1 saturated heterocycles. The number of esters is 1. The Morgan fingerprint density at radius 1 is 1.82 bits per heavy atom. The summed E-state index contributed by atoms with van der Waals surface area (Å²) in [6, 6.07) is -0.701. The van der Waals surface area contributed by atoms with Crippen molar-refractivity contribution in [2.45, 2.75) is 6.04 Å². The fourth-order valence-corrected chi connectivity index (χ4v) is 0.965. The molecule has 5 nitrogen and oxygen atoms in total. The first-order chi connectivity index (χ1) is 5.16. The number of urea groups is 1. The fraction of sp³-hybridized carbons (Fsp3) is 0.667. The number of methoxy groups -OCH3 is 1. The van der Waals surface area contributed by atoms with Gasteiger partial charge in [0.25, 0.3) is 0 Å². The molecule has 62 valence electrons. The standard InChI is InChI=1S/C6H10N2O3/c1-8-4(5(9)11-2)3-7-6(8)10/h4H,3H2,1-2H3,(H,7,10)/t4-/m1/s1. The summed E-state index contributed by atoms with van der Waals surface area (Å²) in [5, 5.41) is 2.52. The molecule has 2 amide bonds. The van der Waals surface area contributed by atoms with Crippen molar-refractivity contribution in [3.63, 3.8) is 0 Å².